The van der Waals surface area contributed by atoms with Crippen molar-refractivity contribution in [3.05, 3.63) is 84.4 Å². The Labute approximate surface area is 168 Å². The second-order valence-corrected chi connectivity index (χ2v) is 7.37. The van der Waals surface area contributed by atoms with Gasteiger partial charge in [-0.1, -0.05) is 47.7 Å². The number of nitrogens with zero attached hydrogens (tertiary/aromatic N) is 5. The predicted octanol–water partition coefficient (Wildman–Crippen LogP) is 3.70. The number of amides is 1. The number of rotatable bonds is 4. The molecule has 6 heteroatoms. The van der Waals surface area contributed by atoms with Crippen LogP contribution < -0.4 is 0 Å². The molecule has 4 heterocycles. The molecule has 0 unspecified atom stereocenters. The van der Waals surface area contributed by atoms with Gasteiger partial charge in [-0.2, -0.15) is 0 Å². The molecule has 1 fully saturated rings. The summed E-state index contributed by atoms with van der Waals surface area (Å²) in [5.74, 6) is 0.113. The Hall–Kier alpha value is -3.54. The van der Waals surface area contributed by atoms with E-state index in [1.165, 1.54) is 0 Å². The Morgan fingerprint density at radius 1 is 1.03 bits per heavy atom. The molecule has 5 rings (SSSR count). The third-order valence-electron chi connectivity index (χ3n) is 5.51. The normalized spacial score (nSPS) is 16.4. The van der Waals surface area contributed by atoms with Crippen LogP contribution in [0.4, 0.5) is 0 Å². The van der Waals surface area contributed by atoms with Gasteiger partial charge >= 0.3 is 0 Å². The first kappa shape index (κ1) is 17.6. The van der Waals surface area contributed by atoms with Gasteiger partial charge in [0.05, 0.1) is 18.0 Å². The lowest BCUT2D eigenvalue weighted by Gasteiger charge is -2.23. The summed E-state index contributed by atoms with van der Waals surface area (Å²) in [5, 5.41) is 8.80. The molecule has 0 N–H and O–H groups in total. The van der Waals surface area contributed by atoms with Gasteiger partial charge in [0.25, 0.3) is 0 Å². The third kappa shape index (κ3) is 3.38. The second kappa shape index (κ2) is 7.47. The van der Waals surface area contributed by atoms with E-state index in [-0.39, 0.29) is 11.9 Å². The van der Waals surface area contributed by atoms with Gasteiger partial charge in [-0.05, 0) is 36.1 Å². The Morgan fingerprint density at radius 2 is 1.93 bits per heavy atom. The zero-order valence-corrected chi connectivity index (χ0v) is 16.0. The van der Waals surface area contributed by atoms with Crippen molar-refractivity contribution < 1.29 is 4.79 Å². The van der Waals surface area contributed by atoms with Crippen molar-refractivity contribution in [1.82, 2.24) is 24.7 Å². The van der Waals surface area contributed by atoms with Crippen LogP contribution in [0.2, 0.25) is 0 Å². The molecule has 144 valence electrons. The van der Waals surface area contributed by atoms with Crippen molar-refractivity contribution in [3.8, 4) is 11.1 Å². The molecular weight excluding hydrogens is 362 g/mol. The highest BCUT2D eigenvalue weighted by Gasteiger charge is 2.33. The molecule has 1 aromatic carbocycles. The summed E-state index contributed by atoms with van der Waals surface area (Å²) < 4.78 is 1.82. The molecule has 1 aliphatic rings. The number of aromatic nitrogens is 4. The average Bonchev–Trinajstić information content (AvgIpc) is 3.41. The minimum absolute atomic E-state index is 0.0285. The quantitative estimate of drug-likeness (QED) is 0.539. The van der Waals surface area contributed by atoms with Crippen LogP contribution in [0.3, 0.4) is 0 Å². The molecule has 0 saturated carbocycles. The van der Waals surface area contributed by atoms with Crippen LogP contribution in [-0.2, 0) is 11.2 Å². The summed E-state index contributed by atoms with van der Waals surface area (Å²) >= 11 is 0. The Morgan fingerprint density at radius 3 is 2.76 bits per heavy atom. The van der Waals surface area contributed by atoms with Crippen LogP contribution in [0.1, 0.15) is 30.1 Å². The van der Waals surface area contributed by atoms with Gasteiger partial charge in [-0.15, -0.1) is 5.10 Å². The first-order valence-electron chi connectivity index (χ1n) is 9.88. The van der Waals surface area contributed by atoms with Crippen molar-refractivity contribution in [2.45, 2.75) is 25.3 Å². The monoisotopic (exact) mass is 383 g/mol. The summed E-state index contributed by atoms with van der Waals surface area (Å²) in [6.45, 7) is 0.755. The molecule has 0 radical (unpaired) electrons. The van der Waals surface area contributed by atoms with E-state index >= 15 is 0 Å². The molecule has 0 bridgehead atoms. The van der Waals surface area contributed by atoms with Crippen molar-refractivity contribution in [2.75, 3.05) is 6.54 Å². The van der Waals surface area contributed by atoms with Crippen LogP contribution >= 0.6 is 0 Å². The van der Waals surface area contributed by atoms with Gasteiger partial charge in [0.2, 0.25) is 5.91 Å². The van der Waals surface area contributed by atoms with Crippen molar-refractivity contribution in [2.24, 2.45) is 0 Å². The van der Waals surface area contributed by atoms with Gasteiger partial charge in [0.15, 0.2) is 0 Å². The number of carbonyl (C=O) groups excluding carboxylic acids is 1. The summed E-state index contributed by atoms with van der Waals surface area (Å²) in [7, 11) is 0. The summed E-state index contributed by atoms with van der Waals surface area (Å²) in [6.07, 6.45) is 7.72. The molecule has 29 heavy (non-hydrogen) atoms. The molecule has 0 aliphatic carbocycles. The SMILES string of the molecule is O=C(Cc1cccnc1)N1CCC[C@H]1c1nnn2cc(-c3ccccc3)ccc12. The van der Waals surface area contributed by atoms with E-state index in [0.29, 0.717) is 6.42 Å². The summed E-state index contributed by atoms with van der Waals surface area (Å²) in [6, 6.07) is 18.1. The van der Waals surface area contributed by atoms with E-state index in [4.69, 9.17) is 0 Å². The highest BCUT2D eigenvalue weighted by molar-refractivity contribution is 5.80. The zero-order chi connectivity index (χ0) is 19.6. The largest absolute Gasteiger partial charge is 0.334 e. The number of likely N-dealkylation sites (tertiary alicyclic amines) is 1. The lowest BCUT2D eigenvalue weighted by molar-refractivity contribution is -0.131. The standard InChI is InChI=1S/C23H21N5O/c29-22(14-17-6-4-12-24-15-17)27-13-5-9-20(27)23-21-11-10-19(16-28(21)26-25-23)18-7-2-1-3-8-18/h1-4,6-8,10-12,15-16,20H,5,9,13-14H2/t20-/m0/s1. The minimum atomic E-state index is -0.0285. The van der Waals surface area contributed by atoms with E-state index in [9.17, 15) is 4.79 Å². The van der Waals surface area contributed by atoms with Crippen molar-refractivity contribution >= 4 is 11.4 Å². The van der Waals surface area contributed by atoms with Crippen molar-refractivity contribution in [1.29, 1.82) is 0 Å². The lowest BCUT2D eigenvalue weighted by Crippen LogP contribution is -2.32. The van der Waals surface area contributed by atoms with Crippen molar-refractivity contribution in [3.63, 3.8) is 0 Å². The lowest BCUT2D eigenvalue weighted by atomic mass is 10.1. The van der Waals surface area contributed by atoms with Gasteiger partial charge in [0, 0.05) is 30.7 Å². The highest BCUT2D eigenvalue weighted by atomic mass is 16.2. The van der Waals surface area contributed by atoms with Crippen LogP contribution in [0.5, 0.6) is 0 Å². The number of hydrogen-bond donors (Lipinski definition) is 0. The number of pyridine rings is 2. The number of benzene rings is 1. The molecule has 4 aromatic rings. The Kier molecular flexibility index (Phi) is 4.52. The van der Waals surface area contributed by atoms with Gasteiger partial charge in [-0.3, -0.25) is 9.78 Å². The maximum atomic E-state index is 12.9. The fourth-order valence-corrected chi connectivity index (χ4v) is 4.08. The topological polar surface area (TPSA) is 63.4 Å². The molecule has 3 aromatic heterocycles. The van der Waals surface area contributed by atoms with Crippen LogP contribution in [-0.4, -0.2) is 37.2 Å². The first-order chi connectivity index (χ1) is 14.3. The third-order valence-corrected chi connectivity index (χ3v) is 5.51. The summed E-state index contributed by atoms with van der Waals surface area (Å²) in [5.41, 5.74) is 4.99. The van der Waals surface area contributed by atoms with E-state index in [1.807, 2.05) is 45.9 Å². The average molecular weight is 383 g/mol. The number of hydrogen-bond acceptors (Lipinski definition) is 4. The maximum Gasteiger partial charge on any atom is 0.227 e. The van der Waals surface area contributed by atoms with Crippen LogP contribution in [0.25, 0.3) is 16.6 Å². The zero-order valence-electron chi connectivity index (χ0n) is 16.0. The first-order valence-corrected chi connectivity index (χ1v) is 9.88. The fourth-order valence-electron chi connectivity index (χ4n) is 4.08. The van der Waals surface area contributed by atoms with E-state index in [1.54, 1.807) is 12.4 Å². The van der Waals surface area contributed by atoms with Gasteiger partial charge in [-0.25, -0.2) is 4.52 Å². The molecule has 1 aliphatic heterocycles. The van der Waals surface area contributed by atoms with Crippen LogP contribution in [0, 0.1) is 0 Å². The smallest absolute Gasteiger partial charge is 0.227 e. The van der Waals surface area contributed by atoms with Crippen LogP contribution in [0.15, 0.2) is 73.2 Å². The Balaban J connectivity index is 1.43. The van der Waals surface area contributed by atoms with Gasteiger partial charge in [0.1, 0.15) is 5.69 Å². The summed E-state index contributed by atoms with van der Waals surface area (Å²) in [4.78, 5) is 19.0. The van der Waals surface area contributed by atoms with E-state index in [0.717, 1.165) is 47.3 Å². The van der Waals surface area contributed by atoms with E-state index in [2.05, 4.69) is 39.6 Å². The van der Waals surface area contributed by atoms with E-state index < -0.39 is 0 Å². The van der Waals surface area contributed by atoms with Gasteiger partial charge < -0.3 is 4.90 Å². The second-order valence-electron chi connectivity index (χ2n) is 7.37. The molecular formula is C23H21N5O. The molecule has 1 amide bonds. The molecule has 1 atom stereocenters. The molecule has 0 spiro atoms. The number of carbonyl (C=O) groups is 1. The Bertz CT molecular complexity index is 1140. The highest BCUT2D eigenvalue weighted by Crippen LogP contribution is 2.34. The molecule has 1 saturated heterocycles. The molecule has 6 nitrogen and oxygen atoms in total. The predicted molar refractivity (Wildman–Crippen MR) is 110 cm³/mol. The minimum Gasteiger partial charge on any atom is -0.334 e. The fraction of sp³-hybridized carbons (Fsp3) is 0.217. The number of fused-ring (bicyclic) bond motifs is 1. The maximum absolute atomic E-state index is 12.9.